The lowest BCUT2D eigenvalue weighted by molar-refractivity contribution is -0.138. The molecule has 0 atom stereocenters. The number of benzene rings is 1. The van der Waals surface area contributed by atoms with E-state index in [1.165, 1.54) is 11.3 Å². The van der Waals surface area contributed by atoms with Crippen LogP contribution in [0.3, 0.4) is 0 Å². The van der Waals surface area contributed by atoms with Crippen LogP contribution >= 0.6 is 11.3 Å². The van der Waals surface area contributed by atoms with Crippen LogP contribution < -0.4 is 4.74 Å². The molecule has 1 fully saturated rings. The predicted molar refractivity (Wildman–Crippen MR) is 124 cm³/mol. The highest BCUT2D eigenvalue weighted by Crippen LogP contribution is 2.19. The molecule has 0 spiro atoms. The minimum atomic E-state index is 0.0713. The van der Waals surface area contributed by atoms with E-state index in [1.54, 1.807) is 0 Å². The Balaban J connectivity index is 1.23. The number of rotatable bonds is 7. The van der Waals surface area contributed by atoms with Crippen LogP contribution in [-0.4, -0.2) is 57.9 Å². The first-order valence-electron chi connectivity index (χ1n) is 11.0. The molecule has 1 aromatic carbocycles. The van der Waals surface area contributed by atoms with Crippen molar-refractivity contribution in [3.8, 4) is 5.75 Å². The molecule has 0 N–H and O–H groups in total. The Morgan fingerprint density at radius 3 is 2.18 bits per heavy atom. The van der Waals surface area contributed by atoms with Gasteiger partial charge in [0.05, 0.1) is 24.1 Å². The Kier molecular flexibility index (Phi) is 7.08. The maximum absolute atomic E-state index is 12.7. The van der Waals surface area contributed by atoms with E-state index in [-0.39, 0.29) is 11.8 Å². The minimum Gasteiger partial charge on any atom is -0.489 e. The third-order valence-electron chi connectivity index (χ3n) is 5.80. The third kappa shape index (κ3) is 5.78. The van der Waals surface area contributed by atoms with Crippen molar-refractivity contribution in [2.24, 2.45) is 0 Å². The summed E-state index contributed by atoms with van der Waals surface area (Å²) in [5, 5.41) is 6.73. The summed E-state index contributed by atoms with van der Waals surface area (Å²) in [4.78, 5) is 33.3. The maximum Gasteiger partial charge on any atom is 0.229 e. The quantitative estimate of drug-likeness (QED) is 0.529. The molecule has 2 aromatic heterocycles. The normalized spacial score (nSPS) is 13.9. The van der Waals surface area contributed by atoms with Crippen molar-refractivity contribution in [1.29, 1.82) is 0 Å². The highest BCUT2D eigenvalue weighted by Gasteiger charge is 2.24. The molecule has 0 aliphatic carbocycles. The standard InChI is InChI=1S/C24H28N4O4S/c1-16-15-33-22(25-16)13-24(30)28-10-8-27(9-11-28)23(29)12-19-4-6-20(7-5-19)31-14-21-17(2)26-32-18(21)3/h4-7,15H,8-14H2,1-3H3. The van der Waals surface area contributed by atoms with Crippen molar-refractivity contribution in [3.05, 3.63) is 62.9 Å². The lowest BCUT2D eigenvalue weighted by Crippen LogP contribution is -2.51. The monoisotopic (exact) mass is 468 g/mol. The Morgan fingerprint density at radius 1 is 1.00 bits per heavy atom. The van der Waals surface area contributed by atoms with Gasteiger partial charge in [0.15, 0.2) is 0 Å². The van der Waals surface area contributed by atoms with Gasteiger partial charge in [0, 0.05) is 37.3 Å². The molecule has 0 saturated carbocycles. The Bertz CT molecular complexity index is 1090. The Morgan fingerprint density at radius 2 is 1.64 bits per heavy atom. The summed E-state index contributed by atoms with van der Waals surface area (Å²) in [5.74, 6) is 1.63. The molecule has 3 heterocycles. The van der Waals surface area contributed by atoms with Crippen molar-refractivity contribution in [1.82, 2.24) is 19.9 Å². The van der Waals surface area contributed by atoms with Gasteiger partial charge in [0.2, 0.25) is 11.8 Å². The fraction of sp³-hybridized carbons (Fsp3) is 0.417. The summed E-state index contributed by atoms with van der Waals surface area (Å²) in [5.41, 5.74) is 3.66. The number of thiazole rings is 1. The van der Waals surface area contributed by atoms with Crippen LogP contribution in [0, 0.1) is 20.8 Å². The minimum absolute atomic E-state index is 0.0713. The SMILES string of the molecule is Cc1csc(CC(=O)N2CCN(C(=O)Cc3ccc(OCc4c(C)noc4C)cc3)CC2)n1. The van der Waals surface area contributed by atoms with E-state index < -0.39 is 0 Å². The number of hydrogen-bond acceptors (Lipinski definition) is 7. The average Bonchev–Trinajstić information content (AvgIpc) is 3.37. The molecule has 0 unspecified atom stereocenters. The Labute approximate surface area is 197 Å². The summed E-state index contributed by atoms with van der Waals surface area (Å²) < 4.78 is 11.0. The highest BCUT2D eigenvalue weighted by molar-refractivity contribution is 7.09. The lowest BCUT2D eigenvalue weighted by Gasteiger charge is -2.34. The fourth-order valence-electron chi connectivity index (χ4n) is 3.78. The molecular weight excluding hydrogens is 440 g/mol. The predicted octanol–water partition coefficient (Wildman–Crippen LogP) is 3.09. The van der Waals surface area contributed by atoms with Crippen molar-refractivity contribution in [3.63, 3.8) is 0 Å². The van der Waals surface area contributed by atoms with E-state index in [2.05, 4.69) is 10.1 Å². The lowest BCUT2D eigenvalue weighted by atomic mass is 10.1. The molecule has 8 nitrogen and oxygen atoms in total. The van der Waals surface area contributed by atoms with Gasteiger partial charge in [-0.05, 0) is 38.5 Å². The first kappa shape index (κ1) is 23.0. The van der Waals surface area contributed by atoms with Crippen molar-refractivity contribution in [2.45, 2.75) is 40.2 Å². The summed E-state index contributed by atoms with van der Waals surface area (Å²) in [6.45, 7) is 8.31. The molecule has 33 heavy (non-hydrogen) atoms. The van der Waals surface area contributed by atoms with Gasteiger partial charge in [0.25, 0.3) is 0 Å². The van der Waals surface area contributed by atoms with Crippen molar-refractivity contribution in [2.75, 3.05) is 26.2 Å². The van der Waals surface area contributed by atoms with Gasteiger partial charge in [-0.15, -0.1) is 11.3 Å². The molecule has 1 aliphatic rings. The number of aryl methyl sites for hydroxylation is 3. The highest BCUT2D eigenvalue weighted by atomic mass is 32.1. The van der Waals surface area contributed by atoms with Crippen molar-refractivity contribution < 1.29 is 18.8 Å². The molecule has 0 bridgehead atoms. The summed E-state index contributed by atoms with van der Waals surface area (Å²) >= 11 is 1.51. The second-order valence-electron chi connectivity index (χ2n) is 8.23. The van der Waals surface area contributed by atoms with Crippen LogP contribution in [0.4, 0.5) is 0 Å². The number of ether oxygens (including phenoxy) is 1. The van der Waals surface area contributed by atoms with Gasteiger partial charge >= 0.3 is 0 Å². The summed E-state index contributed by atoms with van der Waals surface area (Å²) in [6.07, 6.45) is 0.660. The molecule has 3 aromatic rings. The van der Waals surface area contributed by atoms with E-state index in [0.29, 0.717) is 45.6 Å². The van der Waals surface area contributed by atoms with Crippen molar-refractivity contribution >= 4 is 23.2 Å². The number of carbonyl (C=O) groups is 2. The fourth-order valence-corrected chi connectivity index (χ4v) is 4.55. The zero-order chi connectivity index (χ0) is 23.4. The molecular formula is C24H28N4O4S. The second-order valence-corrected chi connectivity index (χ2v) is 9.18. The van der Waals surface area contributed by atoms with Gasteiger partial charge in [-0.3, -0.25) is 9.59 Å². The smallest absolute Gasteiger partial charge is 0.229 e. The second kappa shape index (κ2) is 10.2. The summed E-state index contributed by atoms with van der Waals surface area (Å²) in [6, 6.07) is 7.57. The van der Waals surface area contributed by atoms with Crippen LogP contribution in [0.2, 0.25) is 0 Å². The van der Waals surface area contributed by atoms with E-state index in [4.69, 9.17) is 9.26 Å². The number of aromatic nitrogens is 2. The van der Waals surface area contributed by atoms with Crippen LogP contribution in [0.5, 0.6) is 5.75 Å². The van der Waals surface area contributed by atoms with Gasteiger partial charge < -0.3 is 19.1 Å². The molecule has 174 valence electrons. The number of nitrogens with zero attached hydrogens (tertiary/aromatic N) is 4. The zero-order valence-electron chi connectivity index (χ0n) is 19.2. The number of piperazine rings is 1. The third-order valence-corrected chi connectivity index (χ3v) is 6.76. The molecule has 1 aliphatic heterocycles. The number of amides is 2. The van der Waals surface area contributed by atoms with Crippen LogP contribution in [0.1, 0.15) is 33.3 Å². The molecule has 9 heteroatoms. The first-order valence-corrected chi connectivity index (χ1v) is 11.9. The molecule has 1 saturated heterocycles. The van der Waals surface area contributed by atoms with E-state index >= 15 is 0 Å². The van der Waals surface area contributed by atoms with Crippen LogP contribution in [0.15, 0.2) is 34.2 Å². The zero-order valence-corrected chi connectivity index (χ0v) is 20.0. The number of carbonyl (C=O) groups excluding carboxylic acids is 2. The van der Waals surface area contributed by atoms with Crippen LogP contribution in [-0.2, 0) is 29.0 Å². The topological polar surface area (TPSA) is 88.8 Å². The first-order chi connectivity index (χ1) is 15.9. The van der Waals surface area contributed by atoms with E-state index in [1.807, 2.05) is 60.2 Å². The number of hydrogen-bond donors (Lipinski definition) is 0. The van der Waals surface area contributed by atoms with Crippen LogP contribution in [0.25, 0.3) is 0 Å². The van der Waals surface area contributed by atoms with Gasteiger partial charge in [-0.2, -0.15) is 0 Å². The van der Waals surface area contributed by atoms with Gasteiger partial charge in [0.1, 0.15) is 23.1 Å². The van der Waals surface area contributed by atoms with Gasteiger partial charge in [-0.1, -0.05) is 17.3 Å². The largest absolute Gasteiger partial charge is 0.489 e. The molecule has 0 radical (unpaired) electrons. The Hall–Kier alpha value is -3.20. The van der Waals surface area contributed by atoms with E-state index in [0.717, 1.165) is 39.0 Å². The molecule has 4 rings (SSSR count). The maximum atomic E-state index is 12.7. The molecule has 2 amide bonds. The van der Waals surface area contributed by atoms with E-state index in [9.17, 15) is 9.59 Å². The van der Waals surface area contributed by atoms with Gasteiger partial charge in [-0.25, -0.2) is 4.98 Å². The average molecular weight is 469 g/mol. The summed E-state index contributed by atoms with van der Waals surface area (Å²) in [7, 11) is 0.